The lowest BCUT2D eigenvalue weighted by atomic mass is 9.71. The molecule has 2 nitrogen and oxygen atoms in total. The molecule has 0 saturated carbocycles. The first-order valence-corrected chi connectivity index (χ1v) is 13.9. The number of nitrogens with one attached hydrogen (secondary N) is 1. The van der Waals surface area contributed by atoms with E-state index in [2.05, 4.69) is 125 Å². The second-order valence-corrected chi connectivity index (χ2v) is 15.2. The average Bonchev–Trinajstić information content (AvgIpc) is 3.27. The zero-order chi connectivity index (χ0) is 27.3. The van der Waals surface area contributed by atoms with Gasteiger partial charge in [0.25, 0.3) is 0 Å². The van der Waals surface area contributed by atoms with E-state index < -0.39 is 5.60 Å². The Kier molecular flexibility index (Phi) is 7.70. The lowest BCUT2D eigenvalue weighted by Crippen LogP contribution is -2.48. The first-order valence-electron chi connectivity index (χ1n) is 13.9. The molecule has 1 unspecified atom stereocenters. The quantitative estimate of drug-likeness (QED) is 0.463. The van der Waals surface area contributed by atoms with Crippen molar-refractivity contribution >= 4 is 0 Å². The van der Waals surface area contributed by atoms with Crippen LogP contribution in [0.5, 0.6) is 0 Å². The van der Waals surface area contributed by atoms with Gasteiger partial charge in [-0.2, -0.15) is 0 Å². The Morgan fingerprint density at radius 3 is 1.08 bits per heavy atom. The van der Waals surface area contributed by atoms with Gasteiger partial charge in [0.15, 0.2) is 0 Å². The molecule has 0 radical (unpaired) electrons. The summed E-state index contributed by atoms with van der Waals surface area (Å²) in [5.74, 6) is 0. The summed E-state index contributed by atoms with van der Waals surface area (Å²) < 4.78 is 6.80. The molecule has 2 heteroatoms. The highest BCUT2D eigenvalue weighted by molar-refractivity contribution is 5.49. The fourth-order valence-electron chi connectivity index (χ4n) is 5.39. The molecule has 2 aromatic rings. The number of hydrogen-bond acceptors (Lipinski definition) is 2. The Morgan fingerprint density at radius 2 is 0.861 bits per heavy atom. The second kappa shape index (κ2) is 9.59. The van der Waals surface area contributed by atoms with Crippen LogP contribution in [0.25, 0.3) is 0 Å². The number of rotatable bonds is 4. The van der Waals surface area contributed by atoms with Crippen LogP contribution >= 0.6 is 0 Å². The molecule has 36 heavy (non-hydrogen) atoms. The SMILES string of the molecule is COC(c1cc(C(C)(C)C)cc(C(C)(C)C)c1)(c1cc(C(C)(C)C)cc(C(C)(C)C)c1)C1CCCN1. The van der Waals surface area contributed by atoms with Gasteiger partial charge in [0.05, 0.1) is 0 Å². The molecule has 2 aromatic carbocycles. The van der Waals surface area contributed by atoms with Crippen LogP contribution in [0, 0.1) is 0 Å². The monoisotopic (exact) mass is 491 g/mol. The van der Waals surface area contributed by atoms with E-state index in [0.717, 1.165) is 13.0 Å². The van der Waals surface area contributed by atoms with Crippen molar-refractivity contribution in [3.63, 3.8) is 0 Å². The molecule has 1 atom stereocenters. The van der Waals surface area contributed by atoms with Crippen LogP contribution in [0.2, 0.25) is 0 Å². The molecular weight excluding hydrogens is 438 g/mol. The van der Waals surface area contributed by atoms with Crippen molar-refractivity contribution in [2.45, 2.75) is 129 Å². The molecule has 3 rings (SSSR count). The van der Waals surface area contributed by atoms with Gasteiger partial charge in [-0.25, -0.2) is 0 Å². The molecule has 1 N–H and O–H groups in total. The predicted molar refractivity (Wildman–Crippen MR) is 156 cm³/mol. The van der Waals surface area contributed by atoms with E-state index in [9.17, 15) is 0 Å². The lowest BCUT2D eigenvalue weighted by molar-refractivity contribution is -0.00666. The summed E-state index contributed by atoms with van der Waals surface area (Å²) in [6.45, 7) is 28.9. The zero-order valence-corrected chi connectivity index (χ0v) is 25.6. The molecule has 1 heterocycles. The first-order chi connectivity index (χ1) is 16.3. The Labute approximate surface area is 222 Å². The highest BCUT2D eigenvalue weighted by Crippen LogP contribution is 2.45. The second-order valence-electron chi connectivity index (χ2n) is 15.2. The average molecular weight is 492 g/mol. The van der Waals surface area contributed by atoms with Crippen LogP contribution in [-0.4, -0.2) is 19.7 Å². The summed E-state index contributed by atoms with van der Waals surface area (Å²) in [6.07, 6.45) is 2.27. The van der Waals surface area contributed by atoms with Crippen molar-refractivity contribution in [3.05, 3.63) is 69.8 Å². The Balaban J connectivity index is 2.46. The predicted octanol–water partition coefficient (Wildman–Crippen LogP) is 8.52. The lowest BCUT2D eigenvalue weighted by Gasteiger charge is -2.42. The molecule has 0 spiro atoms. The van der Waals surface area contributed by atoms with Gasteiger partial charge in [-0.1, -0.05) is 119 Å². The standard InChI is InChI=1S/C34H53NO/c1-30(2,3)23-17-24(31(4,5)6)20-27(19-23)34(36-13,29-15-14-16-35-29)28-21-25(32(7,8)9)18-26(22-28)33(10,11)12/h17-22,29,35H,14-16H2,1-13H3. The van der Waals surface area contributed by atoms with Gasteiger partial charge in [-0.15, -0.1) is 0 Å². The minimum atomic E-state index is -0.570. The third-order valence-corrected chi connectivity index (χ3v) is 8.06. The summed E-state index contributed by atoms with van der Waals surface area (Å²) in [5, 5.41) is 3.85. The molecule has 200 valence electrons. The van der Waals surface area contributed by atoms with Crippen LogP contribution < -0.4 is 5.32 Å². The molecule has 1 aliphatic heterocycles. The van der Waals surface area contributed by atoms with Crippen molar-refractivity contribution < 1.29 is 4.74 Å². The van der Waals surface area contributed by atoms with Gasteiger partial charge in [-0.05, 0) is 74.4 Å². The summed E-state index contributed by atoms with van der Waals surface area (Å²) in [4.78, 5) is 0. The molecule has 0 aliphatic carbocycles. The highest BCUT2D eigenvalue weighted by Gasteiger charge is 2.45. The smallest absolute Gasteiger partial charge is 0.133 e. The largest absolute Gasteiger partial charge is 0.367 e. The van der Waals surface area contributed by atoms with Crippen LogP contribution in [0.1, 0.15) is 129 Å². The van der Waals surface area contributed by atoms with Crippen molar-refractivity contribution in [2.24, 2.45) is 0 Å². The molecule has 0 bridgehead atoms. The Morgan fingerprint density at radius 1 is 0.556 bits per heavy atom. The third kappa shape index (κ3) is 5.76. The highest BCUT2D eigenvalue weighted by atomic mass is 16.5. The van der Waals surface area contributed by atoms with Gasteiger partial charge in [0, 0.05) is 13.2 Å². The molecule has 1 fully saturated rings. The summed E-state index contributed by atoms with van der Waals surface area (Å²) in [7, 11) is 1.92. The molecule has 0 aromatic heterocycles. The van der Waals surface area contributed by atoms with Gasteiger partial charge in [-0.3, -0.25) is 0 Å². The Hall–Kier alpha value is -1.64. The normalized spacial score (nSPS) is 18.1. The fraction of sp³-hybridized carbons (Fsp3) is 0.647. The molecule has 0 amide bonds. The maximum atomic E-state index is 6.80. The first kappa shape index (κ1) is 28.9. The summed E-state index contributed by atoms with van der Waals surface area (Å²) in [6, 6.07) is 14.8. The molecule has 1 aliphatic rings. The number of ether oxygens (including phenoxy) is 1. The third-order valence-electron chi connectivity index (χ3n) is 8.06. The van der Waals surface area contributed by atoms with E-state index in [1.54, 1.807) is 0 Å². The maximum absolute atomic E-state index is 6.80. The van der Waals surface area contributed by atoms with Crippen LogP contribution in [0.15, 0.2) is 36.4 Å². The zero-order valence-electron chi connectivity index (χ0n) is 25.6. The minimum Gasteiger partial charge on any atom is -0.367 e. The van der Waals surface area contributed by atoms with Gasteiger partial charge >= 0.3 is 0 Å². The van der Waals surface area contributed by atoms with Crippen molar-refractivity contribution in [1.82, 2.24) is 5.32 Å². The van der Waals surface area contributed by atoms with Gasteiger partial charge in [0.1, 0.15) is 5.60 Å². The minimum absolute atomic E-state index is 0.0441. The van der Waals surface area contributed by atoms with E-state index >= 15 is 0 Å². The topological polar surface area (TPSA) is 21.3 Å². The maximum Gasteiger partial charge on any atom is 0.133 e. The van der Waals surface area contributed by atoms with Crippen LogP contribution in [0.3, 0.4) is 0 Å². The summed E-state index contributed by atoms with van der Waals surface area (Å²) >= 11 is 0. The number of benzene rings is 2. The van der Waals surface area contributed by atoms with Crippen molar-refractivity contribution in [3.8, 4) is 0 Å². The van der Waals surface area contributed by atoms with E-state index in [-0.39, 0.29) is 27.7 Å². The van der Waals surface area contributed by atoms with E-state index in [0.29, 0.717) is 0 Å². The van der Waals surface area contributed by atoms with E-state index in [4.69, 9.17) is 4.74 Å². The fourth-order valence-corrected chi connectivity index (χ4v) is 5.39. The van der Waals surface area contributed by atoms with Gasteiger partial charge < -0.3 is 10.1 Å². The van der Waals surface area contributed by atoms with E-state index in [1.807, 2.05) is 7.11 Å². The van der Waals surface area contributed by atoms with Crippen LogP contribution in [0.4, 0.5) is 0 Å². The number of methoxy groups -OCH3 is 1. The van der Waals surface area contributed by atoms with Crippen molar-refractivity contribution in [1.29, 1.82) is 0 Å². The van der Waals surface area contributed by atoms with Crippen molar-refractivity contribution in [2.75, 3.05) is 13.7 Å². The van der Waals surface area contributed by atoms with Gasteiger partial charge in [0.2, 0.25) is 0 Å². The molecule has 1 saturated heterocycles. The van der Waals surface area contributed by atoms with E-state index in [1.165, 1.54) is 39.8 Å². The summed E-state index contributed by atoms with van der Waals surface area (Å²) in [5.41, 5.74) is 7.62. The number of hydrogen-bond donors (Lipinski definition) is 1. The Bertz CT molecular complexity index is 920. The molecular formula is C34H53NO. The van der Waals surface area contributed by atoms with Crippen LogP contribution in [-0.2, 0) is 32.0 Å².